The molecule has 0 bridgehead atoms. The molecule has 72 valence electrons. The Balaban J connectivity index is 2.42. The van der Waals surface area contributed by atoms with Crippen molar-refractivity contribution in [2.45, 2.75) is 25.7 Å². The van der Waals surface area contributed by atoms with E-state index in [-0.39, 0.29) is 0 Å². The standard InChI is InChI=1S/C11H13N3/c1-14-6-8-4-2-3-5-9-10(8)11(14)13-7-12-9/h6-7H,2-5H2,1H3. The highest BCUT2D eigenvalue weighted by Gasteiger charge is 2.15. The summed E-state index contributed by atoms with van der Waals surface area (Å²) in [6, 6.07) is 0. The summed E-state index contributed by atoms with van der Waals surface area (Å²) in [5.74, 6) is 0. The van der Waals surface area contributed by atoms with Gasteiger partial charge in [0, 0.05) is 18.6 Å². The molecule has 2 aromatic heterocycles. The fourth-order valence-corrected chi connectivity index (χ4v) is 2.35. The molecule has 3 heteroatoms. The third-order valence-corrected chi connectivity index (χ3v) is 3.02. The molecule has 3 nitrogen and oxygen atoms in total. The van der Waals surface area contributed by atoms with E-state index in [4.69, 9.17) is 0 Å². The Bertz CT molecular complexity index is 484. The van der Waals surface area contributed by atoms with Gasteiger partial charge in [0.2, 0.25) is 0 Å². The van der Waals surface area contributed by atoms with Gasteiger partial charge in [0.1, 0.15) is 12.0 Å². The van der Waals surface area contributed by atoms with E-state index in [2.05, 4.69) is 27.8 Å². The molecule has 0 saturated heterocycles. The van der Waals surface area contributed by atoms with E-state index < -0.39 is 0 Å². The van der Waals surface area contributed by atoms with Crippen LogP contribution in [0, 0.1) is 0 Å². The lowest BCUT2D eigenvalue weighted by atomic mass is 10.1. The molecule has 2 heterocycles. The monoisotopic (exact) mass is 187 g/mol. The predicted octanol–water partition coefficient (Wildman–Crippen LogP) is 1.85. The maximum Gasteiger partial charge on any atom is 0.143 e. The molecule has 14 heavy (non-hydrogen) atoms. The van der Waals surface area contributed by atoms with Crippen molar-refractivity contribution in [1.29, 1.82) is 0 Å². The minimum atomic E-state index is 1.09. The molecular weight excluding hydrogens is 174 g/mol. The molecule has 0 N–H and O–H groups in total. The minimum Gasteiger partial charge on any atom is -0.335 e. The van der Waals surface area contributed by atoms with Crippen LogP contribution >= 0.6 is 0 Å². The van der Waals surface area contributed by atoms with Gasteiger partial charge in [0.15, 0.2) is 0 Å². The van der Waals surface area contributed by atoms with Crippen LogP contribution in [-0.2, 0) is 19.9 Å². The lowest BCUT2D eigenvalue weighted by molar-refractivity contribution is 0.737. The summed E-state index contributed by atoms with van der Waals surface area (Å²) in [6.45, 7) is 0. The van der Waals surface area contributed by atoms with Gasteiger partial charge in [-0.3, -0.25) is 0 Å². The molecule has 0 unspecified atom stereocenters. The molecule has 0 aromatic carbocycles. The van der Waals surface area contributed by atoms with Crippen LogP contribution in [0.15, 0.2) is 12.5 Å². The van der Waals surface area contributed by atoms with E-state index >= 15 is 0 Å². The first kappa shape index (κ1) is 7.97. The average molecular weight is 187 g/mol. The van der Waals surface area contributed by atoms with Gasteiger partial charge in [-0.25, -0.2) is 9.97 Å². The normalized spacial score (nSPS) is 15.8. The maximum atomic E-state index is 4.39. The summed E-state index contributed by atoms with van der Waals surface area (Å²) in [7, 11) is 2.06. The zero-order valence-electron chi connectivity index (χ0n) is 8.32. The van der Waals surface area contributed by atoms with Crippen molar-refractivity contribution in [3.63, 3.8) is 0 Å². The molecule has 0 radical (unpaired) electrons. The largest absolute Gasteiger partial charge is 0.335 e. The average Bonchev–Trinajstić information content (AvgIpc) is 2.41. The summed E-state index contributed by atoms with van der Waals surface area (Å²) in [4.78, 5) is 8.72. The summed E-state index contributed by atoms with van der Waals surface area (Å²) in [5.41, 5.74) is 3.76. The SMILES string of the molecule is Cn1cc2c3c(ncnc31)CCCC2. The van der Waals surface area contributed by atoms with E-state index in [9.17, 15) is 0 Å². The van der Waals surface area contributed by atoms with Crippen molar-refractivity contribution in [3.05, 3.63) is 23.8 Å². The van der Waals surface area contributed by atoms with E-state index in [1.165, 1.54) is 35.9 Å². The molecule has 0 amide bonds. The van der Waals surface area contributed by atoms with Gasteiger partial charge in [-0.2, -0.15) is 0 Å². The highest BCUT2D eigenvalue weighted by Crippen LogP contribution is 2.26. The van der Waals surface area contributed by atoms with E-state index in [0.717, 1.165) is 12.1 Å². The van der Waals surface area contributed by atoms with E-state index in [1.807, 2.05) is 0 Å². The number of aromatic nitrogens is 3. The lowest BCUT2D eigenvalue weighted by Gasteiger charge is -1.99. The van der Waals surface area contributed by atoms with Crippen molar-refractivity contribution in [1.82, 2.24) is 14.5 Å². The number of nitrogens with zero attached hydrogens (tertiary/aromatic N) is 3. The summed E-state index contributed by atoms with van der Waals surface area (Å²) in [5, 5.41) is 1.31. The first-order valence-corrected chi connectivity index (χ1v) is 5.14. The van der Waals surface area contributed by atoms with Gasteiger partial charge in [0.05, 0.1) is 5.69 Å². The minimum absolute atomic E-state index is 1.09. The van der Waals surface area contributed by atoms with Crippen LogP contribution in [0.4, 0.5) is 0 Å². The summed E-state index contributed by atoms with van der Waals surface area (Å²) >= 11 is 0. The van der Waals surface area contributed by atoms with Crippen molar-refractivity contribution >= 4 is 11.0 Å². The highest BCUT2D eigenvalue weighted by molar-refractivity contribution is 5.83. The molecule has 0 saturated carbocycles. The van der Waals surface area contributed by atoms with E-state index in [1.54, 1.807) is 6.33 Å². The van der Waals surface area contributed by atoms with Crippen molar-refractivity contribution in [3.8, 4) is 0 Å². The smallest absolute Gasteiger partial charge is 0.143 e. The van der Waals surface area contributed by atoms with Crippen LogP contribution < -0.4 is 0 Å². The molecule has 0 aliphatic heterocycles. The van der Waals surface area contributed by atoms with Crippen molar-refractivity contribution in [2.24, 2.45) is 7.05 Å². The molecule has 3 rings (SSSR count). The Hall–Kier alpha value is -1.38. The van der Waals surface area contributed by atoms with Crippen molar-refractivity contribution in [2.75, 3.05) is 0 Å². The van der Waals surface area contributed by atoms with Crippen LogP contribution in [0.2, 0.25) is 0 Å². The number of hydrogen-bond acceptors (Lipinski definition) is 2. The maximum absolute atomic E-state index is 4.39. The Morgan fingerprint density at radius 3 is 3.00 bits per heavy atom. The zero-order valence-corrected chi connectivity index (χ0v) is 8.32. The summed E-state index contributed by atoms with van der Waals surface area (Å²) in [6.07, 6.45) is 8.70. The first-order valence-electron chi connectivity index (χ1n) is 5.14. The lowest BCUT2D eigenvalue weighted by Crippen LogP contribution is -1.94. The molecular formula is C11H13N3. The first-order chi connectivity index (χ1) is 6.86. The molecule has 2 aromatic rings. The molecule has 1 aliphatic carbocycles. The highest BCUT2D eigenvalue weighted by atomic mass is 15.0. The molecule has 0 atom stereocenters. The fourth-order valence-electron chi connectivity index (χ4n) is 2.35. The molecule has 0 spiro atoms. The Morgan fingerprint density at radius 2 is 2.07 bits per heavy atom. The number of aryl methyl sites for hydroxylation is 3. The van der Waals surface area contributed by atoms with E-state index in [0.29, 0.717) is 0 Å². The molecule has 0 fully saturated rings. The fraction of sp³-hybridized carbons (Fsp3) is 0.455. The van der Waals surface area contributed by atoms with Gasteiger partial charge in [-0.15, -0.1) is 0 Å². The second-order valence-corrected chi connectivity index (χ2v) is 3.99. The topological polar surface area (TPSA) is 30.7 Å². The van der Waals surface area contributed by atoms with Crippen molar-refractivity contribution < 1.29 is 0 Å². The Kier molecular flexibility index (Phi) is 1.60. The predicted molar refractivity (Wildman–Crippen MR) is 55.2 cm³/mol. The van der Waals surface area contributed by atoms with Crippen LogP contribution in [0.25, 0.3) is 11.0 Å². The van der Waals surface area contributed by atoms with Crippen LogP contribution in [0.1, 0.15) is 24.1 Å². The Labute approximate surface area is 82.8 Å². The Morgan fingerprint density at radius 1 is 1.21 bits per heavy atom. The second-order valence-electron chi connectivity index (χ2n) is 3.99. The third-order valence-electron chi connectivity index (χ3n) is 3.02. The van der Waals surface area contributed by atoms with Crippen LogP contribution in [-0.4, -0.2) is 14.5 Å². The quantitative estimate of drug-likeness (QED) is 0.630. The number of rotatable bonds is 0. The zero-order chi connectivity index (χ0) is 9.54. The molecule has 1 aliphatic rings. The second kappa shape index (κ2) is 2.80. The van der Waals surface area contributed by atoms with Crippen LogP contribution in [0.5, 0.6) is 0 Å². The van der Waals surface area contributed by atoms with Gasteiger partial charge in [-0.05, 0) is 31.2 Å². The summed E-state index contributed by atoms with van der Waals surface area (Å²) < 4.78 is 2.11. The van der Waals surface area contributed by atoms with Gasteiger partial charge < -0.3 is 4.57 Å². The van der Waals surface area contributed by atoms with Crippen LogP contribution in [0.3, 0.4) is 0 Å². The van der Waals surface area contributed by atoms with Gasteiger partial charge >= 0.3 is 0 Å². The number of hydrogen-bond donors (Lipinski definition) is 0. The van der Waals surface area contributed by atoms with Gasteiger partial charge in [0.25, 0.3) is 0 Å². The van der Waals surface area contributed by atoms with Gasteiger partial charge in [-0.1, -0.05) is 0 Å². The third kappa shape index (κ3) is 0.983.